The van der Waals surface area contributed by atoms with Crippen molar-refractivity contribution >= 4 is 6.21 Å². The van der Waals surface area contributed by atoms with E-state index in [2.05, 4.69) is 31.6 Å². The van der Waals surface area contributed by atoms with E-state index in [9.17, 15) is 0 Å². The average molecular weight is 140 g/mol. The molecule has 0 spiro atoms. The Morgan fingerprint density at radius 1 is 1.50 bits per heavy atom. The van der Waals surface area contributed by atoms with Crippen LogP contribution < -0.4 is 0 Å². The van der Waals surface area contributed by atoms with E-state index in [-0.39, 0.29) is 0 Å². The number of hydrogen-bond acceptors (Lipinski definition) is 0. The quantitative estimate of drug-likeness (QED) is 0.489. The topological polar surface area (TPSA) is 3.01 Å². The average Bonchev–Trinajstić information content (AvgIpc) is 1.88. The van der Waals surface area contributed by atoms with Crippen LogP contribution in [0, 0.1) is 5.92 Å². The Bertz CT molecular complexity index is 136. The van der Waals surface area contributed by atoms with Crippen molar-refractivity contribution < 1.29 is 4.58 Å². The van der Waals surface area contributed by atoms with Crippen molar-refractivity contribution in [3.05, 3.63) is 0 Å². The predicted molar refractivity (Wildman–Crippen MR) is 44.7 cm³/mol. The summed E-state index contributed by atoms with van der Waals surface area (Å²) in [6.07, 6.45) is 5.01. The molecule has 0 bridgehead atoms. The highest BCUT2D eigenvalue weighted by atomic mass is 15.0. The first-order valence-electron chi connectivity index (χ1n) is 4.29. The van der Waals surface area contributed by atoms with Crippen molar-refractivity contribution in [1.29, 1.82) is 0 Å². The van der Waals surface area contributed by atoms with Crippen molar-refractivity contribution in [3.8, 4) is 0 Å². The fourth-order valence-electron chi connectivity index (χ4n) is 1.36. The van der Waals surface area contributed by atoms with E-state index >= 15 is 0 Å². The molecular formula is C9H18N+. The standard InChI is InChI=1S/C9H18N/c1-8(2)10-6-4-9(3)5-7-10/h6,8-9H,4-5,7H2,1-3H3/q+1. The SMILES string of the molecule is CC1CC=[N+](C(C)C)CC1. The third-order valence-corrected chi connectivity index (χ3v) is 2.29. The van der Waals surface area contributed by atoms with Crippen LogP contribution in [0.5, 0.6) is 0 Å². The second-order valence-corrected chi connectivity index (χ2v) is 3.64. The van der Waals surface area contributed by atoms with Gasteiger partial charge >= 0.3 is 0 Å². The molecule has 10 heavy (non-hydrogen) atoms. The van der Waals surface area contributed by atoms with Gasteiger partial charge in [0.25, 0.3) is 0 Å². The number of rotatable bonds is 1. The summed E-state index contributed by atoms with van der Waals surface area (Å²) in [6, 6.07) is 0.701. The molecule has 0 aliphatic carbocycles. The maximum atomic E-state index is 2.44. The van der Waals surface area contributed by atoms with E-state index in [0.717, 1.165) is 5.92 Å². The Labute approximate surface area is 63.8 Å². The van der Waals surface area contributed by atoms with Gasteiger partial charge < -0.3 is 0 Å². The molecule has 0 aromatic heterocycles. The van der Waals surface area contributed by atoms with Crippen LogP contribution in [0.4, 0.5) is 0 Å². The first-order valence-corrected chi connectivity index (χ1v) is 4.29. The molecule has 1 heterocycles. The van der Waals surface area contributed by atoms with Crippen molar-refractivity contribution in [3.63, 3.8) is 0 Å². The highest BCUT2D eigenvalue weighted by molar-refractivity contribution is 5.52. The van der Waals surface area contributed by atoms with Crippen molar-refractivity contribution in [1.82, 2.24) is 0 Å². The molecule has 1 unspecified atom stereocenters. The summed E-state index contributed by atoms with van der Waals surface area (Å²) in [5.41, 5.74) is 0. The van der Waals surface area contributed by atoms with Gasteiger partial charge in [-0.05, 0) is 19.8 Å². The lowest BCUT2D eigenvalue weighted by Gasteiger charge is -2.15. The summed E-state index contributed by atoms with van der Waals surface area (Å²) >= 11 is 0. The van der Waals surface area contributed by atoms with Gasteiger partial charge in [0.05, 0.1) is 0 Å². The zero-order valence-corrected chi connectivity index (χ0v) is 7.30. The van der Waals surface area contributed by atoms with E-state index in [4.69, 9.17) is 0 Å². The highest BCUT2D eigenvalue weighted by Gasteiger charge is 2.16. The normalized spacial score (nSPS) is 26.8. The smallest absolute Gasteiger partial charge is 0.146 e. The monoisotopic (exact) mass is 140 g/mol. The maximum absolute atomic E-state index is 2.44. The second-order valence-electron chi connectivity index (χ2n) is 3.64. The lowest BCUT2D eigenvalue weighted by atomic mass is 10.0. The van der Waals surface area contributed by atoms with Crippen LogP contribution in [0.1, 0.15) is 33.6 Å². The zero-order chi connectivity index (χ0) is 7.56. The third kappa shape index (κ3) is 1.83. The molecule has 1 aliphatic heterocycles. The van der Waals surface area contributed by atoms with Crippen molar-refractivity contribution in [2.45, 2.75) is 39.7 Å². The van der Waals surface area contributed by atoms with Gasteiger partial charge in [-0.25, -0.2) is 4.58 Å². The minimum absolute atomic E-state index is 0.701. The lowest BCUT2D eigenvalue weighted by Crippen LogP contribution is -2.28. The Hall–Kier alpha value is -0.330. The molecule has 1 rings (SSSR count). The molecule has 0 N–H and O–H groups in total. The van der Waals surface area contributed by atoms with Crippen LogP contribution >= 0.6 is 0 Å². The highest BCUT2D eigenvalue weighted by Crippen LogP contribution is 2.10. The van der Waals surface area contributed by atoms with Crippen LogP contribution in [0.2, 0.25) is 0 Å². The maximum Gasteiger partial charge on any atom is 0.146 e. The van der Waals surface area contributed by atoms with E-state index in [1.54, 1.807) is 0 Å². The van der Waals surface area contributed by atoms with E-state index in [1.807, 2.05) is 0 Å². The van der Waals surface area contributed by atoms with E-state index < -0.39 is 0 Å². The summed E-state index contributed by atoms with van der Waals surface area (Å²) in [6.45, 7) is 8.10. The first kappa shape index (κ1) is 7.77. The molecule has 0 saturated carbocycles. The van der Waals surface area contributed by atoms with Gasteiger partial charge in [-0.1, -0.05) is 6.92 Å². The Morgan fingerprint density at radius 2 is 2.20 bits per heavy atom. The summed E-state index contributed by atoms with van der Waals surface area (Å²) in [5.74, 6) is 0.912. The van der Waals surface area contributed by atoms with Gasteiger partial charge in [-0.3, -0.25) is 0 Å². The molecule has 1 aliphatic rings. The van der Waals surface area contributed by atoms with E-state index in [1.165, 1.54) is 19.4 Å². The van der Waals surface area contributed by atoms with Crippen molar-refractivity contribution in [2.75, 3.05) is 6.54 Å². The minimum Gasteiger partial charge on any atom is -0.238 e. The number of nitrogens with zero attached hydrogens (tertiary/aromatic N) is 1. The zero-order valence-electron chi connectivity index (χ0n) is 7.30. The summed E-state index contributed by atoms with van der Waals surface area (Å²) in [7, 11) is 0. The molecule has 0 saturated heterocycles. The summed E-state index contributed by atoms with van der Waals surface area (Å²) in [5, 5.41) is 0. The Morgan fingerprint density at radius 3 is 2.60 bits per heavy atom. The fourth-order valence-corrected chi connectivity index (χ4v) is 1.36. The van der Waals surface area contributed by atoms with Crippen molar-refractivity contribution in [2.24, 2.45) is 5.92 Å². The minimum atomic E-state index is 0.701. The van der Waals surface area contributed by atoms with Gasteiger partial charge in [0.1, 0.15) is 18.8 Å². The third-order valence-electron chi connectivity index (χ3n) is 2.29. The molecule has 1 atom stereocenters. The second kappa shape index (κ2) is 3.18. The van der Waals surface area contributed by atoms with Crippen LogP contribution in [-0.4, -0.2) is 23.4 Å². The molecule has 1 nitrogen and oxygen atoms in total. The molecule has 0 radical (unpaired) electrons. The molecule has 1 heteroatoms. The van der Waals surface area contributed by atoms with Crippen LogP contribution in [0.3, 0.4) is 0 Å². The van der Waals surface area contributed by atoms with Crippen LogP contribution in [0.25, 0.3) is 0 Å². The summed E-state index contributed by atoms with van der Waals surface area (Å²) in [4.78, 5) is 0. The molecule has 0 aromatic carbocycles. The van der Waals surface area contributed by atoms with Gasteiger partial charge in [0.2, 0.25) is 0 Å². The Kier molecular flexibility index (Phi) is 2.47. The first-order chi connectivity index (χ1) is 4.70. The molecule has 0 amide bonds. The molecule has 0 fully saturated rings. The van der Waals surface area contributed by atoms with E-state index in [0.29, 0.717) is 6.04 Å². The Balaban J connectivity index is 2.48. The fraction of sp³-hybridized carbons (Fsp3) is 0.889. The summed E-state index contributed by atoms with van der Waals surface area (Å²) < 4.78 is 2.44. The largest absolute Gasteiger partial charge is 0.238 e. The van der Waals surface area contributed by atoms with Gasteiger partial charge in [-0.15, -0.1) is 0 Å². The number of hydrogen-bond donors (Lipinski definition) is 0. The van der Waals surface area contributed by atoms with Gasteiger partial charge in [0.15, 0.2) is 0 Å². The van der Waals surface area contributed by atoms with Gasteiger partial charge in [0, 0.05) is 12.8 Å². The van der Waals surface area contributed by atoms with Gasteiger partial charge in [-0.2, -0.15) is 0 Å². The van der Waals surface area contributed by atoms with Crippen LogP contribution in [0.15, 0.2) is 0 Å². The predicted octanol–water partition coefficient (Wildman–Crippen LogP) is 1.91. The molecule has 0 aromatic rings. The molecule has 58 valence electrons. The molecular weight excluding hydrogens is 122 g/mol. The van der Waals surface area contributed by atoms with Crippen LogP contribution in [-0.2, 0) is 0 Å². The lowest BCUT2D eigenvalue weighted by molar-refractivity contribution is -0.560.